The molecule has 7 nitrogen and oxygen atoms in total. The molecule has 90 valence electrons. The summed E-state index contributed by atoms with van der Waals surface area (Å²) in [6.07, 6.45) is 0. The minimum atomic E-state index is -0.468. The largest absolute Gasteiger partial charge is 0.465 e. The quantitative estimate of drug-likeness (QED) is 0.597. The number of hydrogen-bond donors (Lipinski definition) is 2. The van der Waals surface area contributed by atoms with Gasteiger partial charge in [0, 0.05) is 0 Å². The predicted octanol–water partition coefficient (Wildman–Crippen LogP) is 0.559. The molecule has 0 radical (unpaired) electrons. The maximum Gasteiger partial charge on any atom is 0.325 e. The van der Waals surface area contributed by atoms with Crippen molar-refractivity contribution < 1.29 is 9.53 Å². The monoisotopic (exact) mass is 255 g/mol. The normalized spacial score (nSPS) is 9.47. The van der Waals surface area contributed by atoms with E-state index >= 15 is 0 Å². The fraction of sp³-hybridized carbons (Fsp3) is 0.333. The van der Waals surface area contributed by atoms with E-state index in [2.05, 4.69) is 15.3 Å². The van der Waals surface area contributed by atoms with Crippen LogP contribution in [0.15, 0.2) is 0 Å². The van der Waals surface area contributed by atoms with Crippen molar-refractivity contribution in [1.82, 2.24) is 9.97 Å². The molecule has 1 heterocycles. The topological polar surface area (TPSA) is 114 Å². The number of rotatable bonds is 4. The van der Waals surface area contributed by atoms with Gasteiger partial charge in [-0.2, -0.15) is 15.2 Å². The standard InChI is InChI=1S/C9H10ClN5O2/c1-2-17-6(16)4-13-8-5(3-11)7(10)14-9(12)15-8/h2,4H2,1H3,(H3,12,13,14,15). The molecule has 0 aliphatic carbocycles. The van der Waals surface area contributed by atoms with Crippen LogP contribution in [0.25, 0.3) is 0 Å². The second-order valence-corrected chi connectivity index (χ2v) is 3.22. The molecule has 0 atom stereocenters. The van der Waals surface area contributed by atoms with Crippen molar-refractivity contribution in [2.75, 3.05) is 24.2 Å². The Labute approximate surface area is 103 Å². The van der Waals surface area contributed by atoms with Gasteiger partial charge < -0.3 is 15.8 Å². The number of carbonyl (C=O) groups is 1. The molecule has 3 N–H and O–H groups in total. The molecular weight excluding hydrogens is 246 g/mol. The fourth-order valence-corrected chi connectivity index (χ4v) is 1.26. The number of esters is 1. The first-order valence-electron chi connectivity index (χ1n) is 4.71. The van der Waals surface area contributed by atoms with E-state index in [1.165, 1.54) is 0 Å². The second kappa shape index (κ2) is 5.86. The van der Waals surface area contributed by atoms with E-state index in [1.54, 1.807) is 6.92 Å². The van der Waals surface area contributed by atoms with E-state index in [9.17, 15) is 4.79 Å². The number of nitrogen functional groups attached to an aromatic ring is 1. The van der Waals surface area contributed by atoms with Crippen molar-refractivity contribution in [3.63, 3.8) is 0 Å². The number of nitrogens with one attached hydrogen (secondary N) is 1. The molecule has 0 spiro atoms. The van der Waals surface area contributed by atoms with Crippen LogP contribution in [-0.4, -0.2) is 29.1 Å². The zero-order valence-electron chi connectivity index (χ0n) is 9.03. The molecule has 0 saturated heterocycles. The number of nitriles is 1. The van der Waals surface area contributed by atoms with E-state index in [-0.39, 0.29) is 35.6 Å². The maximum absolute atomic E-state index is 11.1. The summed E-state index contributed by atoms with van der Waals surface area (Å²) in [5.41, 5.74) is 5.41. The van der Waals surface area contributed by atoms with Gasteiger partial charge in [-0.3, -0.25) is 4.79 Å². The molecular formula is C9H10ClN5O2. The van der Waals surface area contributed by atoms with Crippen LogP contribution in [0.1, 0.15) is 12.5 Å². The van der Waals surface area contributed by atoms with E-state index in [1.807, 2.05) is 6.07 Å². The van der Waals surface area contributed by atoms with Gasteiger partial charge in [0.2, 0.25) is 5.95 Å². The van der Waals surface area contributed by atoms with Gasteiger partial charge >= 0.3 is 5.97 Å². The average molecular weight is 256 g/mol. The highest BCUT2D eigenvalue weighted by atomic mass is 35.5. The summed E-state index contributed by atoms with van der Waals surface area (Å²) in [6.45, 7) is 1.84. The Morgan fingerprint density at radius 1 is 1.65 bits per heavy atom. The van der Waals surface area contributed by atoms with Gasteiger partial charge in [-0.15, -0.1) is 0 Å². The number of carbonyl (C=O) groups excluding carboxylic acids is 1. The summed E-state index contributed by atoms with van der Waals surface area (Å²) in [6, 6.07) is 1.82. The second-order valence-electron chi connectivity index (χ2n) is 2.87. The summed E-state index contributed by atoms with van der Waals surface area (Å²) in [5, 5.41) is 11.4. The number of nitrogens with two attached hydrogens (primary N) is 1. The van der Waals surface area contributed by atoms with Crippen molar-refractivity contribution in [2.45, 2.75) is 6.92 Å². The molecule has 0 fully saturated rings. The molecule has 0 bridgehead atoms. The Morgan fingerprint density at radius 3 is 2.94 bits per heavy atom. The zero-order valence-corrected chi connectivity index (χ0v) is 9.78. The third-order valence-electron chi connectivity index (χ3n) is 1.70. The molecule has 0 aliphatic heterocycles. The van der Waals surface area contributed by atoms with Gasteiger partial charge in [-0.25, -0.2) is 0 Å². The third kappa shape index (κ3) is 3.46. The van der Waals surface area contributed by atoms with Gasteiger partial charge in [0.25, 0.3) is 0 Å². The highest BCUT2D eigenvalue weighted by Crippen LogP contribution is 2.20. The summed E-state index contributed by atoms with van der Waals surface area (Å²) >= 11 is 5.70. The van der Waals surface area contributed by atoms with Gasteiger partial charge in [0.15, 0.2) is 11.0 Å². The summed E-state index contributed by atoms with van der Waals surface area (Å²) in [4.78, 5) is 18.5. The molecule has 0 unspecified atom stereocenters. The highest BCUT2D eigenvalue weighted by molar-refractivity contribution is 6.31. The molecule has 8 heteroatoms. The Balaban J connectivity index is 2.84. The van der Waals surface area contributed by atoms with Gasteiger partial charge in [-0.1, -0.05) is 11.6 Å². The Bertz CT molecular complexity index is 471. The summed E-state index contributed by atoms with van der Waals surface area (Å²) in [7, 11) is 0. The van der Waals surface area contributed by atoms with Crippen molar-refractivity contribution in [1.29, 1.82) is 5.26 Å². The van der Waals surface area contributed by atoms with Crippen molar-refractivity contribution >= 4 is 29.3 Å². The minimum Gasteiger partial charge on any atom is -0.465 e. The number of anilines is 2. The van der Waals surface area contributed by atoms with Crippen LogP contribution in [0.3, 0.4) is 0 Å². The lowest BCUT2D eigenvalue weighted by atomic mass is 10.3. The Hall–Kier alpha value is -2.07. The number of nitrogens with zero attached hydrogens (tertiary/aromatic N) is 3. The summed E-state index contributed by atoms with van der Waals surface area (Å²) < 4.78 is 4.71. The number of hydrogen-bond acceptors (Lipinski definition) is 7. The van der Waals surface area contributed by atoms with Crippen LogP contribution < -0.4 is 11.1 Å². The molecule has 0 amide bonds. The van der Waals surface area contributed by atoms with Crippen molar-refractivity contribution in [3.05, 3.63) is 10.7 Å². The molecule has 0 aliphatic rings. The van der Waals surface area contributed by atoms with E-state index < -0.39 is 5.97 Å². The fourth-order valence-electron chi connectivity index (χ4n) is 1.04. The van der Waals surface area contributed by atoms with Gasteiger partial charge in [0.05, 0.1) is 6.61 Å². The van der Waals surface area contributed by atoms with Gasteiger partial charge in [-0.05, 0) is 6.92 Å². The lowest BCUT2D eigenvalue weighted by Crippen LogP contribution is -2.18. The third-order valence-corrected chi connectivity index (χ3v) is 1.97. The van der Waals surface area contributed by atoms with Crippen molar-refractivity contribution in [2.24, 2.45) is 0 Å². The van der Waals surface area contributed by atoms with Crippen LogP contribution in [0, 0.1) is 11.3 Å². The van der Waals surface area contributed by atoms with Crippen LogP contribution >= 0.6 is 11.6 Å². The number of ether oxygens (including phenoxy) is 1. The van der Waals surface area contributed by atoms with Crippen LogP contribution in [-0.2, 0) is 9.53 Å². The van der Waals surface area contributed by atoms with E-state index in [0.29, 0.717) is 0 Å². The van der Waals surface area contributed by atoms with E-state index in [0.717, 1.165) is 0 Å². The average Bonchev–Trinajstić information content (AvgIpc) is 2.26. The highest BCUT2D eigenvalue weighted by Gasteiger charge is 2.12. The van der Waals surface area contributed by atoms with Crippen molar-refractivity contribution in [3.8, 4) is 6.07 Å². The molecule has 0 saturated carbocycles. The zero-order chi connectivity index (χ0) is 12.8. The minimum absolute atomic E-state index is 0.0326. The lowest BCUT2D eigenvalue weighted by molar-refractivity contribution is -0.140. The molecule has 17 heavy (non-hydrogen) atoms. The van der Waals surface area contributed by atoms with Crippen LogP contribution in [0.4, 0.5) is 11.8 Å². The Kier molecular flexibility index (Phi) is 4.48. The predicted molar refractivity (Wildman–Crippen MR) is 61.3 cm³/mol. The first-order valence-corrected chi connectivity index (χ1v) is 5.08. The van der Waals surface area contributed by atoms with Crippen LogP contribution in [0.2, 0.25) is 5.15 Å². The molecule has 1 rings (SSSR count). The number of aromatic nitrogens is 2. The van der Waals surface area contributed by atoms with Crippen LogP contribution in [0.5, 0.6) is 0 Å². The first-order chi connectivity index (χ1) is 8.08. The maximum atomic E-state index is 11.1. The van der Waals surface area contributed by atoms with Gasteiger partial charge in [0.1, 0.15) is 18.2 Å². The SMILES string of the molecule is CCOC(=O)CNc1nc(N)nc(Cl)c1C#N. The van der Waals surface area contributed by atoms with E-state index in [4.69, 9.17) is 27.3 Å². The molecule has 0 aromatic carbocycles. The summed E-state index contributed by atoms with van der Waals surface area (Å²) in [5.74, 6) is -0.442. The molecule has 1 aromatic rings. The molecule has 1 aromatic heterocycles. The smallest absolute Gasteiger partial charge is 0.325 e. The Morgan fingerprint density at radius 2 is 2.35 bits per heavy atom. The number of halogens is 1. The lowest BCUT2D eigenvalue weighted by Gasteiger charge is -2.07. The first kappa shape index (κ1) is 13.0.